The Morgan fingerprint density at radius 1 is 1.25 bits per heavy atom. The van der Waals surface area contributed by atoms with E-state index in [-0.39, 0.29) is 5.69 Å². The molecule has 0 aliphatic heterocycles. The maximum Gasteiger partial charge on any atom is 0.324 e. The summed E-state index contributed by atoms with van der Waals surface area (Å²) in [6.07, 6.45) is 1.46. The van der Waals surface area contributed by atoms with Crippen molar-refractivity contribution in [2.24, 2.45) is 0 Å². The van der Waals surface area contributed by atoms with Crippen molar-refractivity contribution in [3.63, 3.8) is 0 Å². The average Bonchev–Trinajstić information content (AvgIpc) is 2.29. The maximum absolute atomic E-state index is 10.9. The molecule has 0 aliphatic carbocycles. The van der Waals surface area contributed by atoms with Gasteiger partial charge in [0.2, 0.25) is 0 Å². The summed E-state index contributed by atoms with van der Waals surface area (Å²) in [6, 6.07) is 9.73. The molecule has 0 saturated carbocycles. The van der Waals surface area contributed by atoms with E-state index < -0.39 is 0 Å². The van der Waals surface area contributed by atoms with Crippen LogP contribution < -0.4 is 10.4 Å². The van der Waals surface area contributed by atoms with E-state index in [4.69, 9.17) is 17.0 Å². The topological polar surface area (TPSA) is 57.9 Å². The molecule has 2 rings (SSSR count). The molecule has 1 heterocycles. The van der Waals surface area contributed by atoms with E-state index in [0.29, 0.717) is 17.0 Å². The first kappa shape index (κ1) is 10.6. The second-order valence-electron chi connectivity index (χ2n) is 3.21. The summed E-state index contributed by atoms with van der Waals surface area (Å²) in [5, 5.41) is 0. The zero-order chi connectivity index (χ0) is 11.4. The second kappa shape index (κ2) is 4.76. The lowest BCUT2D eigenvalue weighted by atomic mass is 10.2. The molecule has 0 aliphatic rings. The molecule has 4 nitrogen and oxygen atoms in total. The molecule has 16 heavy (non-hydrogen) atoms. The van der Waals surface area contributed by atoms with Gasteiger partial charge in [-0.25, -0.2) is 4.79 Å². The van der Waals surface area contributed by atoms with Crippen molar-refractivity contribution < 1.29 is 4.74 Å². The number of rotatable bonds is 3. The normalized spacial score (nSPS) is 10.0. The third kappa shape index (κ3) is 2.58. The number of hydrogen-bond acceptors (Lipinski definition) is 3. The number of nitrogens with one attached hydrogen (secondary N) is 2. The molecule has 0 radical (unpaired) electrons. The van der Waals surface area contributed by atoms with Crippen LogP contribution in [0.5, 0.6) is 5.75 Å². The van der Waals surface area contributed by atoms with Crippen LogP contribution in [-0.4, -0.2) is 9.97 Å². The molecule has 2 aromatic rings. The van der Waals surface area contributed by atoms with Gasteiger partial charge in [-0.2, -0.15) is 0 Å². The summed E-state index contributed by atoms with van der Waals surface area (Å²) in [5.41, 5.74) is 0.708. The van der Waals surface area contributed by atoms with E-state index in [2.05, 4.69) is 9.97 Å². The third-order valence-electron chi connectivity index (χ3n) is 2.02. The van der Waals surface area contributed by atoms with E-state index in [0.717, 1.165) is 5.56 Å². The summed E-state index contributed by atoms with van der Waals surface area (Å²) in [5.74, 6) is 0.471. The molecular formula is C11H10N2O2S. The van der Waals surface area contributed by atoms with E-state index >= 15 is 0 Å². The van der Waals surface area contributed by atoms with Crippen molar-refractivity contribution in [1.29, 1.82) is 0 Å². The molecule has 1 aromatic carbocycles. The average molecular weight is 234 g/mol. The summed E-state index contributed by atoms with van der Waals surface area (Å²) in [6.45, 7) is 0.421. The molecule has 0 spiro atoms. The fraction of sp³-hybridized carbons (Fsp3) is 0.0909. The van der Waals surface area contributed by atoms with Crippen LogP contribution in [0.15, 0.2) is 41.3 Å². The van der Waals surface area contributed by atoms with Crippen LogP contribution in [0.3, 0.4) is 0 Å². The zero-order valence-electron chi connectivity index (χ0n) is 8.40. The fourth-order valence-corrected chi connectivity index (χ4v) is 1.45. The van der Waals surface area contributed by atoms with Crippen molar-refractivity contribution in [3.05, 3.63) is 57.2 Å². The van der Waals surface area contributed by atoms with Gasteiger partial charge in [-0.15, -0.1) is 0 Å². The van der Waals surface area contributed by atoms with Crippen LogP contribution in [0.2, 0.25) is 0 Å². The quantitative estimate of drug-likeness (QED) is 0.799. The summed E-state index contributed by atoms with van der Waals surface area (Å²) >= 11 is 4.95. The van der Waals surface area contributed by atoms with Crippen LogP contribution in [0.1, 0.15) is 5.56 Å². The first-order valence-corrected chi connectivity index (χ1v) is 5.15. The molecule has 5 heteroatoms. The molecule has 0 saturated heterocycles. The third-order valence-corrected chi connectivity index (χ3v) is 2.33. The van der Waals surface area contributed by atoms with Gasteiger partial charge in [0.25, 0.3) is 0 Å². The van der Waals surface area contributed by atoms with E-state index in [9.17, 15) is 4.79 Å². The number of aromatic nitrogens is 2. The van der Waals surface area contributed by atoms with Gasteiger partial charge in [0, 0.05) is 0 Å². The summed E-state index contributed by atoms with van der Waals surface area (Å²) in [7, 11) is 0. The van der Waals surface area contributed by atoms with E-state index in [1.54, 1.807) is 0 Å². The number of hydrogen-bond donors (Lipinski definition) is 2. The van der Waals surface area contributed by atoms with Gasteiger partial charge in [0.05, 0.1) is 6.20 Å². The van der Waals surface area contributed by atoms with Gasteiger partial charge < -0.3 is 9.72 Å². The number of ether oxygens (including phenoxy) is 1. The fourth-order valence-electron chi connectivity index (χ4n) is 1.24. The Kier molecular flexibility index (Phi) is 3.16. The first-order chi connectivity index (χ1) is 7.75. The predicted molar refractivity (Wildman–Crippen MR) is 63.0 cm³/mol. The standard InChI is InChI=1S/C11H10N2O2S/c14-11-12-6-9(10(16)13-11)15-7-8-4-2-1-3-5-8/h1-6H,7H2,(H2,12,13,14,16). The molecule has 0 amide bonds. The number of aromatic amines is 2. The Balaban J connectivity index is 2.11. The van der Waals surface area contributed by atoms with Gasteiger partial charge in [0.15, 0.2) is 10.4 Å². The Hall–Kier alpha value is -1.88. The van der Waals surface area contributed by atoms with Crippen LogP contribution in [0.25, 0.3) is 0 Å². The highest BCUT2D eigenvalue weighted by Gasteiger charge is 1.98. The summed E-state index contributed by atoms with van der Waals surface area (Å²) in [4.78, 5) is 15.8. The van der Waals surface area contributed by atoms with Crippen LogP contribution >= 0.6 is 12.2 Å². The minimum absolute atomic E-state index is 0.305. The smallest absolute Gasteiger partial charge is 0.324 e. The van der Waals surface area contributed by atoms with Crippen molar-refractivity contribution in [1.82, 2.24) is 9.97 Å². The van der Waals surface area contributed by atoms with Crippen molar-refractivity contribution in [3.8, 4) is 5.75 Å². The Morgan fingerprint density at radius 3 is 2.69 bits per heavy atom. The Morgan fingerprint density at radius 2 is 2.00 bits per heavy atom. The first-order valence-electron chi connectivity index (χ1n) is 4.74. The van der Waals surface area contributed by atoms with Gasteiger partial charge in [-0.05, 0) is 5.56 Å². The molecule has 82 valence electrons. The highest BCUT2D eigenvalue weighted by Crippen LogP contribution is 2.10. The highest BCUT2D eigenvalue weighted by molar-refractivity contribution is 7.71. The molecule has 0 fully saturated rings. The number of benzene rings is 1. The highest BCUT2D eigenvalue weighted by atomic mass is 32.1. The van der Waals surface area contributed by atoms with Gasteiger partial charge in [0.1, 0.15) is 6.61 Å². The van der Waals surface area contributed by atoms with Crippen molar-refractivity contribution >= 4 is 12.2 Å². The van der Waals surface area contributed by atoms with E-state index in [1.807, 2.05) is 30.3 Å². The lowest BCUT2D eigenvalue weighted by Crippen LogP contribution is -2.10. The van der Waals surface area contributed by atoms with Crippen LogP contribution in [-0.2, 0) is 6.61 Å². The van der Waals surface area contributed by atoms with Crippen molar-refractivity contribution in [2.75, 3.05) is 0 Å². The molecule has 2 N–H and O–H groups in total. The van der Waals surface area contributed by atoms with Crippen LogP contribution in [0.4, 0.5) is 0 Å². The molecule has 1 aromatic heterocycles. The Labute approximate surface area is 96.9 Å². The molecule has 0 atom stereocenters. The second-order valence-corrected chi connectivity index (χ2v) is 3.62. The lowest BCUT2D eigenvalue weighted by Gasteiger charge is -2.05. The minimum Gasteiger partial charge on any atom is -0.484 e. The van der Waals surface area contributed by atoms with Crippen LogP contribution in [0, 0.1) is 4.64 Å². The lowest BCUT2D eigenvalue weighted by molar-refractivity contribution is 0.302. The summed E-state index contributed by atoms with van der Waals surface area (Å²) < 4.78 is 5.78. The van der Waals surface area contributed by atoms with Gasteiger partial charge in [-0.3, -0.25) is 4.98 Å². The van der Waals surface area contributed by atoms with Gasteiger partial charge >= 0.3 is 5.69 Å². The predicted octanol–water partition coefficient (Wildman–Crippen LogP) is 2.01. The molecular weight excluding hydrogens is 224 g/mol. The largest absolute Gasteiger partial charge is 0.484 e. The minimum atomic E-state index is -0.336. The SMILES string of the molecule is O=c1[nH]cc(OCc2ccccc2)c(=S)[nH]1. The van der Waals surface area contributed by atoms with Gasteiger partial charge in [-0.1, -0.05) is 42.5 Å². The zero-order valence-corrected chi connectivity index (χ0v) is 9.21. The monoisotopic (exact) mass is 234 g/mol. The van der Waals surface area contributed by atoms with E-state index in [1.165, 1.54) is 6.20 Å². The molecule has 0 unspecified atom stereocenters. The number of H-pyrrole nitrogens is 2. The Bertz CT molecular complexity index is 574. The van der Waals surface area contributed by atoms with Crippen molar-refractivity contribution in [2.45, 2.75) is 6.61 Å². The molecule has 0 bridgehead atoms. The maximum atomic E-state index is 10.9.